The first-order valence-corrected chi connectivity index (χ1v) is 10.8. The Kier molecular flexibility index (Phi) is 5.97. The summed E-state index contributed by atoms with van der Waals surface area (Å²) in [5, 5.41) is 10.9. The van der Waals surface area contributed by atoms with E-state index in [0.29, 0.717) is 17.7 Å². The van der Waals surface area contributed by atoms with Crippen LogP contribution in [0.3, 0.4) is 0 Å². The summed E-state index contributed by atoms with van der Waals surface area (Å²) < 4.78 is 22.0. The molecule has 0 saturated heterocycles. The fourth-order valence-corrected chi connectivity index (χ4v) is 3.41. The van der Waals surface area contributed by atoms with E-state index >= 15 is 0 Å². The van der Waals surface area contributed by atoms with E-state index in [0.717, 1.165) is 23.2 Å². The van der Waals surface area contributed by atoms with Gasteiger partial charge in [0, 0.05) is 25.1 Å². The van der Waals surface area contributed by atoms with Crippen molar-refractivity contribution in [3.8, 4) is 11.3 Å². The highest BCUT2D eigenvalue weighted by molar-refractivity contribution is 7.44. The number of hydrogen-bond acceptors (Lipinski definition) is 7. The van der Waals surface area contributed by atoms with Crippen molar-refractivity contribution in [1.29, 1.82) is 0 Å². The summed E-state index contributed by atoms with van der Waals surface area (Å²) >= 11 is 0. The van der Waals surface area contributed by atoms with E-state index < -0.39 is 14.6 Å². The van der Waals surface area contributed by atoms with E-state index in [1.54, 1.807) is 24.4 Å². The summed E-state index contributed by atoms with van der Waals surface area (Å²) in [6.45, 7) is -0.455. The summed E-state index contributed by atoms with van der Waals surface area (Å²) in [6.07, 6.45) is 6.59. The third kappa shape index (κ3) is 5.44. The molecule has 0 saturated carbocycles. The van der Waals surface area contributed by atoms with Gasteiger partial charge in [0.1, 0.15) is 5.56 Å². The van der Waals surface area contributed by atoms with Gasteiger partial charge >= 0.3 is 0 Å². The Balaban J connectivity index is 1.45. The number of phosphoric acid groups is 1. The van der Waals surface area contributed by atoms with Gasteiger partial charge in [-0.15, -0.1) is 0 Å². The second kappa shape index (κ2) is 8.83. The molecule has 0 bridgehead atoms. The minimum absolute atomic E-state index is 0.210. The third-order valence-corrected chi connectivity index (χ3v) is 5.11. The topological polar surface area (TPSA) is 154 Å². The van der Waals surface area contributed by atoms with E-state index in [1.807, 2.05) is 18.3 Å². The number of rotatable bonds is 8. The van der Waals surface area contributed by atoms with Gasteiger partial charge in [0.2, 0.25) is 0 Å². The first-order chi connectivity index (χ1) is 14.9. The number of aromatic amines is 1. The standard InChI is InChI=1S/C20H20N5O5P/c21-20-18(2-1-7-25(20)13-29-31(26,27)28)19-10-17(24-30-19)9-15-5-3-14(4-6-15)8-16-11-22-23-12-16/h1-7,10-12,21H,8-9,13H2,(H3,22,23,26,27,28). The second-order valence-electron chi connectivity index (χ2n) is 6.96. The normalized spacial score (nSPS) is 13.2. The predicted molar refractivity (Wildman–Crippen MR) is 108 cm³/mol. The monoisotopic (exact) mass is 441 g/mol. The maximum atomic E-state index is 10.8. The van der Waals surface area contributed by atoms with Gasteiger partial charge < -0.3 is 14.3 Å². The summed E-state index contributed by atoms with van der Waals surface area (Å²) in [6, 6.07) is 13.4. The lowest BCUT2D eigenvalue weighted by molar-refractivity contribution is -0.712. The molecule has 1 atom stereocenters. The van der Waals surface area contributed by atoms with Crippen LogP contribution < -0.4 is 15.2 Å². The average molecular weight is 441 g/mol. The van der Waals surface area contributed by atoms with Crippen LogP contribution in [-0.4, -0.2) is 20.2 Å². The van der Waals surface area contributed by atoms with Crippen molar-refractivity contribution in [2.45, 2.75) is 19.6 Å². The average Bonchev–Trinajstić information content (AvgIpc) is 3.40. The lowest BCUT2D eigenvalue weighted by Gasteiger charge is -2.14. The van der Waals surface area contributed by atoms with Crippen LogP contribution in [0.5, 0.6) is 0 Å². The molecule has 160 valence electrons. The zero-order valence-corrected chi connectivity index (χ0v) is 17.2. The first kappa shape index (κ1) is 21.0. The van der Waals surface area contributed by atoms with E-state index in [-0.39, 0.29) is 5.82 Å². The van der Waals surface area contributed by atoms with Gasteiger partial charge in [-0.25, -0.2) is 4.57 Å². The largest absolute Gasteiger partial charge is 0.756 e. The maximum Gasteiger partial charge on any atom is 0.285 e. The van der Waals surface area contributed by atoms with Gasteiger partial charge in [-0.1, -0.05) is 29.4 Å². The van der Waals surface area contributed by atoms with Gasteiger partial charge in [-0.2, -0.15) is 5.10 Å². The quantitative estimate of drug-likeness (QED) is 0.275. The Morgan fingerprint density at radius 1 is 1.19 bits per heavy atom. The molecule has 0 spiro atoms. The maximum absolute atomic E-state index is 10.8. The Bertz CT molecular complexity index is 1200. The van der Waals surface area contributed by atoms with Crippen LogP contribution in [0, 0.1) is 0 Å². The molecule has 1 aromatic carbocycles. The molecule has 11 heteroatoms. The number of aromatic nitrogens is 4. The molecule has 3 aromatic heterocycles. The molecular formula is C20H20N5O5P. The highest BCUT2D eigenvalue weighted by atomic mass is 31.2. The number of nitrogens with two attached hydrogens (primary N) is 1. The SMILES string of the molecule is Nc1c(-c2cc(Cc3ccc(Cc4cn[nH]c4)cc3)no2)ccc[n+]1COP(=O)([O-])O. The van der Waals surface area contributed by atoms with Crippen molar-refractivity contribution in [2.75, 3.05) is 5.73 Å². The van der Waals surface area contributed by atoms with Crippen LogP contribution in [0.15, 0.2) is 65.6 Å². The van der Waals surface area contributed by atoms with Crippen molar-refractivity contribution in [3.63, 3.8) is 0 Å². The fraction of sp³-hybridized carbons (Fsp3) is 0.150. The van der Waals surface area contributed by atoms with Crippen LogP contribution in [0.4, 0.5) is 5.82 Å². The number of phosphoric ester groups is 1. The highest BCUT2D eigenvalue weighted by Crippen LogP contribution is 2.30. The molecule has 0 aliphatic carbocycles. The number of anilines is 1. The fourth-order valence-electron chi connectivity index (χ4n) is 3.14. The predicted octanol–water partition coefficient (Wildman–Crippen LogP) is 1.55. The van der Waals surface area contributed by atoms with E-state index in [4.69, 9.17) is 15.2 Å². The highest BCUT2D eigenvalue weighted by Gasteiger charge is 2.18. The summed E-state index contributed by atoms with van der Waals surface area (Å²) in [7, 11) is -4.86. The number of nitrogens with one attached hydrogen (secondary N) is 1. The van der Waals surface area contributed by atoms with Crippen molar-refractivity contribution >= 4 is 13.6 Å². The van der Waals surface area contributed by atoms with Gasteiger partial charge in [0.05, 0.1) is 18.1 Å². The summed E-state index contributed by atoms with van der Waals surface area (Å²) in [5.74, 6) is 0.648. The minimum Gasteiger partial charge on any atom is -0.756 e. The zero-order valence-electron chi connectivity index (χ0n) is 16.3. The molecule has 4 aromatic rings. The Morgan fingerprint density at radius 2 is 1.94 bits per heavy atom. The smallest absolute Gasteiger partial charge is 0.285 e. The van der Waals surface area contributed by atoms with Crippen molar-refractivity contribution < 1.29 is 28.0 Å². The van der Waals surface area contributed by atoms with Crippen LogP contribution in [0.2, 0.25) is 0 Å². The summed E-state index contributed by atoms with van der Waals surface area (Å²) in [5.41, 5.74) is 10.7. The van der Waals surface area contributed by atoms with E-state index in [2.05, 4.69) is 32.0 Å². The minimum atomic E-state index is -4.86. The molecule has 4 rings (SSSR count). The molecule has 0 aliphatic rings. The molecule has 0 radical (unpaired) electrons. The lowest BCUT2D eigenvalue weighted by atomic mass is 10.0. The van der Waals surface area contributed by atoms with Crippen LogP contribution in [0.1, 0.15) is 22.4 Å². The van der Waals surface area contributed by atoms with Crippen LogP contribution >= 0.6 is 7.82 Å². The van der Waals surface area contributed by atoms with E-state index in [1.165, 1.54) is 16.3 Å². The number of benzene rings is 1. The Morgan fingerprint density at radius 3 is 2.61 bits per heavy atom. The van der Waals surface area contributed by atoms with Crippen molar-refractivity contribution in [3.05, 3.63) is 83.4 Å². The number of hydrogen-bond donors (Lipinski definition) is 3. The van der Waals surface area contributed by atoms with Gasteiger partial charge in [0.25, 0.3) is 13.6 Å². The molecule has 0 fully saturated rings. The Labute approximate surface area is 177 Å². The molecule has 0 aliphatic heterocycles. The van der Waals surface area contributed by atoms with E-state index in [9.17, 15) is 9.46 Å². The van der Waals surface area contributed by atoms with Crippen LogP contribution in [0.25, 0.3) is 11.3 Å². The van der Waals surface area contributed by atoms with Gasteiger partial charge in [-0.05, 0) is 28.8 Å². The van der Waals surface area contributed by atoms with Crippen molar-refractivity contribution in [2.24, 2.45) is 0 Å². The molecule has 10 nitrogen and oxygen atoms in total. The number of pyridine rings is 1. The van der Waals surface area contributed by atoms with Gasteiger partial charge in [0.15, 0.2) is 12.5 Å². The second-order valence-corrected chi connectivity index (χ2v) is 8.16. The molecule has 31 heavy (non-hydrogen) atoms. The number of nitrogens with zero attached hydrogens (tertiary/aromatic N) is 3. The number of nitrogen functional groups attached to an aromatic ring is 1. The molecule has 0 amide bonds. The molecular weight excluding hydrogens is 421 g/mol. The lowest BCUT2D eigenvalue weighted by Crippen LogP contribution is -2.38. The molecule has 3 heterocycles. The molecule has 1 unspecified atom stereocenters. The van der Waals surface area contributed by atoms with Crippen LogP contribution in [-0.2, 0) is 28.7 Å². The van der Waals surface area contributed by atoms with Gasteiger partial charge in [-0.3, -0.25) is 19.9 Å². The summed E-state index contributed by atoms with van der Waals surface area (Å²) in [4.78, 5) is 19.6. The van der Waals surface area contributed by atoms with Crippen molar-refractivity contribution in [1.82, 2.24) is 15.4 Å². The first-order valence-electron chi connectivity index (χ1n) is 9.35. The Hall–Kier alpha value is -3.30. The molecule has 4 N–H and O–H groups in total. The number of H-pyrrole nitrogens is 1. The zero-order chi connectivity index (χ0) is 21.8. The third-order valence-electron chi connectivity index (χ3n) is 4.67.